The van der Waals surface area contributed by atoms with Crippen molar-refractivity contribution in [3.8, 4) is 11.6 Å². The second kappa shape index (κ2) is 11.2. The first-order valence-electron chi connectivity index (χ1n) is 13.2. The molecule has 4 rings (SSSR count). The van der Waals surface area contributed by atoms with Crippen LogP contribution in [0.2, 0.25) is 5.02 Å². The monoisotopic (exact) mass is 529 g/mol. The zero-order chi connectivity index (χ0) is 26.8. The van der Waals surface area contributed by atoms with Gasteiger partial charge in [0.1, 0.15) is 11.4 Å². The van der Waals surface area contributed by atoms with Gasteiger partial charge in [0, 0.05) is 37.7 Å². The van der Waals surface area contributed by atoms with Crippen LogP contribution in [0.3, 0.4) is 0 Å². The number of halogens is 1. The molecule has 1 aliphatic heterocycles. The van der Waals surface area contributed by atoms with Gasteiger partial charge >= 0.3 is 0 Å². The molecule has 8 heteroatoms. The molecule has 1 fully saturated rings. The van der Waals surface area contributed by atoms with Crippen LogP contribution in [0.1, 0.15) is 76.1 Å². The van der Waals surface area contributed by atoms with E-state index in [1.807, 2.05) is 18.3 Å². The van der Waals surface area contributed by atoms with Gasteiger partial charge in [-0.15, -0.1) is 0 Å². The lowest BCUT2D eigenvalue weighted by Crippen LogP contribution is -2.52. The van der Waals surface area contributed by atoms with Crippen molar-refractivity contribution in [3.05, 3.63) is 52.2 Å². The van der Waals surface area contributed by atoms with E-state index in [1.54, 1.807) is 13.2 Å². The summed E-state index contributed by atoms with van der Waals surface area (Å²) in [4.78, 5) is 16.7. The first-order valence-corrected chi connectivity index (χ1v) is 13.5. The third kappa shape index (κ3) is 6.95. The average Bonchev–Trinajstić information content (AvgIpc) is 2.80. The van der Waals surface area contributed by atoms with Crippen molar-refractivity contribution in [2.24, 2.45) is 5.41 Å². The number of amides is 1. The van der Waals surface area contributed by atoms with Crippen molar-refractivity contribution in [2.45, 2.75) is 90.0 Å². The van der Waals surface area contributed by atoms with Crippen molar-refractivity contribution in [1.29, 1.82) is 0 Å². The fourth-order valence-corrected chi connectivity index (χ4v) is 5.58. The molecule has 0 unspecified atom stereocenters. The predicted molar refractivity (Wildman–Crippen MR) is 145 cm³/mol. The average molecular weight is 530 g/mol. The fraction of sp³-hybridized carbons (Fsp3) is 0.586. The number of benzene rings is 1. The van der Waals surface area contributed by atoms with Gasteiger partial charge in [-0.25, -0.2) is 4.98 Å². The number of fused-ring (bicyclic) bond motifs is 1. The minimum Gasteiger partial charge on any atom is -0.495 e. The Balaban J connectivity index is 1.50. The van der Waals surface area contributed by atoms with Gasteiger partial charge < -0.3 is 25.2 Å². The van der Waals surface area contributed by atoms with E-state index in [9.17, 15) is 9.90 Å². The quantitative estimate of drug-likeness (QED) is 0.433. The molecule has 2 aliphatic rings. The van der Waals surface area contributed by atoms with Crippen LogP contribution >= 0.6 is 11.6 Å². The Morgan fingerprint density at radius 2 is 2.05 bits per heavy atom. The second-order valence-corrected chi connectivity index (χ2v) is 12.2. The topological polar surface area (TPSA) is 92.7 Å². The van der Waals surface area contributed by atoms with Crippen LogP contribution in [0.25, 0.3) is 0 Å². The van der Waals surface area contributed by atoms with E-state index in [-0.39, 0.29) is 23.0 Å². The summed E-state index contributed by atoms with van der Waals surface area (Å²) < 4.78 is 11.7. The Labute approximate surface area is 225 Å². The second-order valence-electron chi connectivity index (χ2n) is 11.8. The Bertz CT molecular complexity index is 1110. The molecule has 0 radical (unpaired) electrons. The third-order valence-electron chi connectivity index (χ3n) is 7.30. The lowest BCUT2D eigenvalue weighted by atomic mass is 9.73. The highest BCUT2D eigenvalue weighted by molar-refractivity contribution is 6.32. The number of hydrogen-bond donors (Lipinski definition) is 3. The summed E-state index contributed by atoms with van der Waals surface area (Å²) in [5.41, 5.74) is 3.12. The molecule has 0 saturated heterocycles. The molecule has 1 aromatic heterocycles. The predicted octanol–water partition coefficient (Wildman–Crippen LogP) is 4.78. The number of nitrogens with zero attached hydrogens (tertiary/aromatic N) is 1. The van der Waals surface area contributed by atoms with Gasteiger partial charge in [0.15, 0.2) is 0 Å². The van der Waals surface area contributed by atoms with Crippen LogP contribution in [-0.4, -0.2) is 47.4 Å². The van der Waals surface area contributed by atoms with Gasteiger partial charge in [-0.3, -0.25) is 4.79 Å². The number of aliphatic hydroxyl groups excluding tert-OH is 1. The summed E-state index contributed by atoms with van der Waals surface area (Å²) in [5.74, 6) is 1.07. The zero-order valence-electron chi connectivity index (χ0n) is 22.6. The summed E-state index contributed by atoms with van der Waals surface area (Å²) in [6, 6.07) is 7.24. The standard InChI is InChI=1S/C29H40ClN3O4/c1-18(34)33-23(12-19-7-8-22(30)26(13-19)36-5)25(35)17-31-24-15-29(9-6-10-29)37-27-21(24)11-20(16-32-27)14-28(2,3)4/h7-8,11,13,16,23-25,31,35H,6,9-10,12,14-15,17H2,1-5H3,(H,33,34)/t23-,24-,25+/m0/s1. The molecular formula is C29H40ClN3O4. The highest BCUT2D eigenvalue weighted by Gasteiger charge is 2.46. The number of pyridine rings is 1. The molecule has 1 spiro atoms. The van der Waals surface area contributed by atoms with Crippen molar-refractivity contribution < 1.29 is 19.4 Å². The number of aromatic nitrogens is 1. The van der Waals surface area contributed by atoms with Gasteiger partial charge in [-0.1, -0.05) is 38.4 Å². The lowest BCUT2D eigenvalue weighted by molar-refractivity contribution is -0.120. The van der Waals surface area contributed by atoms with Crippen molar-refractivity contribution in [2.75, 3.05) is 13.7 Å². The smallest absolute Gasteiger partial charge is 0.218 e. The van der Waals surface area contributed by atoms with E-state index in [2.05, 4.69) is 37.5 Å². The summed E-state index contributed by atoms with van der Waals surface area (Å²) in [6.45, 7) is 8.44. The van der Waals surface area contributed by atoms with Gasteiger partial charge in [0.25, 0.3) is 0 Å². The SMILES string of the molecule is COc1cc(C[C@H](NC(C)=O)[C@H](O)CN[C@H]2CC3(CCC3)Oc3ncc(CC(C)(C)C)cc32)ccc1Cl. The van der Waals surface area contributed by atoms with E-state index >= 15 is 0 Å². The number of hydrogen-bond acceptors (Lipinski definition) is 6. The number of aliphatic hydroxyl groups is 1. The molecule has 1 aliphatic carbocycles. The van der Waals surface area contributed by atoms with Crippen LogP contribution in [0.4, 0.5) is 0 Å². The molecule has 3 atom stereocenters. The lowest BCUT2D eigenvalue weighted by Gasteiger charge is -2.47. The third-order valence-corrected chi connectivity index (χ3v) is 7.61. The number of ether oxygens (including phenoxy) is 2. The van der Waals surface area contributed by atoms with Gasteiger partial charge in [-0.2, -0.15) is 0 Å². The van der Waals surface area contributed by atoms with E-state index in [0.29, 0.717) is 29.6 Å². The molecule has 37 heavy (non-hydrogen) atoms. The molecule has 7 nitrogen and oxygen atoms in total. The maximum Gasteiger partial charge on any atom is 0.218 e. The normalized spacial score (nSPS) is 19.8. The number of rotatable bonds is 9. The Morgan fingerprint density at radius 1 is 1.30 bits per heavy atom. The molecule has 3 N–H and O–H groups in total. The zero-order valence-corrected chi connectivity index (χ0v) is 23.3. The molecule has 1 saturated carbocycles. The van der Waals surface area contributed by atoms with Crippen LogP contribution < -0.4 is 20.1 Å². The molecular weight excluding hydrogens is 490 g/mol. The summed E-state index contributed by atoms with van der Waals surface area (Å²) in [7, 11) is 1.57. The fourth-order valence-electron chi connectivity index (χ4n) is 5.38. The first kappa shape index (κ1) is 27.7. The molecule has 202 valence electrons. The van der Waals surface area contributed by atoms with E-state index in [4.69, 9.17) is 26.1 Å². The number of carbonyl (C=O) groups is 1. The first-order chi connectivity index (χ1) is 17.5. The largest absolute Gasteiger partial charge is 0.495 e. The van der Waals surface area contributed by atoms with E-state index < -0.39 is 12.1 Å². The minimum absolute atomic E-state index is 0.0136. The van der Waals surface area contributed by atoms with Gasteiger partial charge in [0.2, 0.25) is 11.8 Å². The van der Waals surface area contributed by atoms with Crippen LogP contribution in [0.15, 0.2) is 30.5 Å². The Morgan fingerprint density at radius 3 is 2.68 bits per heavy atom. The van der Waals surface area contributed by atoms with E-state index in [0.717, 1.165) is 43.2 Å². The Hall–Kier alpha value is -2.35. The maximum atomic E-state index is 12.0. The molecule has 2 aromatic rings. The van der Waals surface area contributed by atoms with Crippen molar-refractivity contribution in [3.63, 3.8) is 0 Å². The molecule has 1 amide bonds. The van der Waals surface area contributed by atoms with Crippen molar-refractivity contribution >= 4 is 17.5 Å². The van der Waals surface area contributed by atoms with E-state index in [1.165, 1.54) is 12.5 Å². The number of methoxy groups -OCH3 is 1. The van der Waals surface area contributed by atoms with Gasteiger partial charge in [0.05, 0.1) is 24.3 Å². The minimum atomic E-state index is -0.806. The highest BCUT2D eigenvalue weighted by Crippen LogP contribution is 2.48. The summed E-state index contributed by atoms with van der Waals surface area (Å²) >= 11 is 6.17. The molecule has 2 heterocycles. The van der Waals surface area contributed by atoms with Crippen LogP contribution in [-0.2, 0) is 17.6 Å². The Kier molecular flexibility index (Phi) is 8.36. The number of nitrogens with one attached hydrogen (secondary N) is 2. The van der Waals surface area contributed by atoms with Gasteiger partial charge in [-0.05, 0) is 66.8 Å². The summed E-state index contributed by atoms with van der Waals surface area (Å²) in [5, 5.41) is 18.2. The molecule has 1 aromatic carbocycles. The van der Waals surface area contributed by atoms with Crippen molar-refractivity contribution in [1.82, 2.24) is 15.6 Å². The number of carbonyl (C=O) groups excluding carboxylic acids is 1. The van der Waals surface area contributed by atoms with Crippen LogP contribution in [0, 0.1) is 5.41 Å². The summed E-state index contributed by atoms with van der Waals surface area (Å²) in [6.07, 6.45) is 6.52. The van der Waals surface area contributed by atoms with Crippen LogP contribution in [0.5, 0.6) is 11.6 Å². The molecule has 0 bridgehead atoms. The highest BCUT2D eigenvalue weighted by atomic mass is 35.5. The maximum absolute atomic E-state index is 12.0.